The molecule has 0 amide bonds. The Hall–Kier alpha value is -2.39. The van der Waals surface area contributed by atoms with Crippen molar-refractivity contribution in [3.8, 4) is 5.75 Å². The summed E-state index contributed by atoms with van der Waals surface area (Å²) in [5.74, 6) is 0.870. The van der Waals surface area contributed by atoms with Gasteiger partial charge in [0, 0.05) is 17.8 Å². The van der Waals surface area contributed by atoms with E-state index < -0.39 is 0 Å². The van der Waals surface area contributed by atoms with E-state index in [1.54, 1.807) is 7.11 Å². The molecule has 0 bridgehead atoms. The molecule has 2 aromatic carbocycles. The second-order valence-electron chi connectivity index (χ2n) is 4.94. The highest BCUT2D eigenvalue weighted by atomic mass is 16.5. The van der Waals surface area contributed by atoms with Gasteiger partial charge in [-0.3, -0.25) is 4.98 Å². The molecule has 106 valence electrons. The number of pyridine rings is 1. The van der Waals surface area contributed by atoms with E-state index in [1.807, 2.05) is 31.6 Å². The van der Waals surface area contributed by atoms with Crippen molar-refractivity contribution in [2.45, 2.75) is 6.04 Å². The minimum Gasteiger partial charge on any atom is -0.497 e. The van der Waals surface area contributed by atoms with Gasteiger partial charge in [-0.1, -0.05) is 30.3 Å². The summed E-state index contributed by atoms with van der Waals surface area (Å²) < 4.78 is 5.34. The topological polar surface area (TPSA) is 34.1 Å². The van der Waals surface area contributed by atoms with Crippen LogP contribution in [0.5, 0.6) is 5.75 Å². The van der Waals surface area contributed by atoms with E-state index in [0.717, 1.165) is 11.1 Å². The molecule has 3 heteroatoms. The third kappa shape index (κ3) is 2.60. The number of fused-ring (bicyclic) bond motifs is 1. The van der Waals surface area contributed by atoms with E-state index in [1.165, 1.54) is 16.5 Å². The first-order valence-electron chi connectivity index (χ1n) is 6.97. The van der Waals surface area contributed by atoms with E-state index in [0.29, 0.717) is 0 Å². The summed E-state index contributed by atoms with van der Waals surface area (Å²) in [5.41, 5.74) is 2.42. The third-order valence-corrected chi connectivity index (χ3v) is 3.74. The van der Waals surface area contributed by atoms with E-state index in [4.69, 9.17) is 4.74 Å². The van der Waals surface area contributed by atoms with Gasteiger partial charge in [0.25, 0.3) is 0 Å². The van der Waals surface area contributed by atoms with Crippen molar-refractivity contribution in [1.82, 2.24) is 10.3 Å². The van der Waals surface area contributed by atoms with Gasteiger partial charge < -0.3 is 10.1 Å². The Labute approximate surface area is 124 Å². The molecule has 1 heterocycles. The molecule has 1 unspecified atom stereocenters. The van der Waals surface area contributed by atoms with Crippen molar-refractivity contribution in [2.24, 2.45) is 0 Å². The van der Waals surface area contributed by atoms with Crippen molar-refractivity contribution >= 4 is 10.8 Å². The number of benzene rings is 2. The van der Waals surface area contributed by atoms with Crippen molar-refractivity contribution in [3.63, 3.8) is 0 Å². The van der Waals surface area contributed by atoms with Gasteiger partial charge in [0.05, 0.1) is 13.2 Å². The molecule has 0 saturated carbocycles. The highest BCUT2D eigenvalue weighted by Crippen LogP contribution is 2.29. The van der Waals surface area contributed by atoms with Crippen molar-refractivity contribution in [1.29, 1.82) is 0 Å². The fourth-order valence-corrected chi connectivity index (χ4v) is 2.72. The molecule has 1 N–H and O–H groups in total. The lowest BCUT2D eigenvalue weighted by Crippen LogP contribution is -2.18. The minimum absolute atomic E-state index is 0.117. The van der Waals surface area contributed by atoms with Crippen LogP contribution in [0.15, 0.2) is 60.9 Å². The molecule has 0 radical (unpaired) electrons. The summed E-state index contributed by atoms with van der Waals surface area (Å²) in [4.78, 5) is 4.20. The quantitative estimate of drug-likeness (QED) is 0.792. The number of hydrogen-bond acceptors (Lipinski definition) is 3. The Morgan fingerprint density at radius 1 is 1.10 bits per heavy atom. The summed E-state index contributed by atoms with van der Waals surface area (Å²) in [6.45, 7) is 0. The predicted molar refractivity (Wildman–Crippen MR) is 85.6 cm³/mol. The van der Waals surface area contributed by atoms with E-state index in [-0.39, 0.29) is 6.04 Å². The molecule has 1 aromatic heterocycles. The summed E-state index contributed by atoms with van der Waals surface area (Å²) >= 11 is 0. The van der Waals surface area contributed by atoms with Crippen LogP contribution in [0, 0.1) is 0 Å². The van der Waals surface area contributed by atoms with E-state index in [9.17, 15) is 0 Å². The van der Waals surface area contributed by atoms with Crippen LogP contribution in [-0.4, -0.2) is 19.1 Å². The molecule has 1 atom stereocenters. The van der Waals surface area contributed by atoms with Crippen LogP contribution in [0.1, 0.15) is 17.2 Å². The average Bonchev–Trinajstić information content (AvgIpc) is 2.56. The van der Waals surface area contributed by atoms with Crippen LogP contribution in [0.3, 0.4) is 0 Å². The van der Waals surface area contributed by atoms with Crippen molar-refractivity contribution in [3.05, 3.63) is 72.1 Å². The molecule has 0 aliphatic heterocycles. The van der Waals surface area contributed by atoms with Gasteiger partial charge in [-0.25, -0.2) is 0 Å². The predicted octanol–water partition coefficient (Wildman–Crippen LogP) is 3.55. The van der Waals surface area contributed by atoms with Gasteiger partial charge in [-0.05, 0) is 41.8 Å². The van der Waals surface area contributed by atoms with Gasteiger partial charge >= 0.3 is 0 Å². The first-order valence-corrected chi connectivity index (χ1v) is 6.97. The van der Waals surface area contributed by atoms with Crippen LogP contribution < -0.4 is 10.1 Å². The Morgan fingerprint density at radius 3 is 2.76 bits per heavy atom. The maximum Gasteiger partial charge on any atom is 0.119 e. The van der Waals surface area contributed by atoms with Crippen LogP contribution in [0.4, 0.5) is 0 Å². The number of aromatic nitrogens is 1. The Balaban J connectivity index is 2.13. The molecule has 0 spiro atoms. The van der Waals surface area contributed by atoms with Gasteiger partial charge in [-0.15, -0.1) is 0 Å². The van der Waals surface area contributed by atoms with E-state index in [2.05, 4.69) is 46.7 Å². The smallest absolute Gasteiger partial charge is 0.119 e. The second-order valence-corrected chi connectivity index (χ2v) is 4.94. The highest BCUT2D eigenvalue weighted by molar-refractivity contribution is 5.85. The number of rotatable bonds is 4. The lowest BCUT2D eigenvalue weighted by atomic mass is 9.94. The summed E-state index contributed by atoms with van der Waals surface area (Å²) in [7, 11) is 3.67. The Kier molecular flexibility index (Phi) is 3.84. The third-order valence-electron chi connectivity index (χ3n) is 3.74. The Morgan fingerprint density at radius 2 is 1.95 bits per heavy atom. The highest BCUT2D eigenvalue weighted by Gasteiger charge is 2.15. The number of nitrogens with zero attached hydrogens (tertiary/aromatic N) is 1. The minimum atomic E-state index is 0.117. The van der Waals surface area contributed by atoms with Crippen LogP contribution in [0.2, 0.25) is 0 Å². The first-order chi connectivity index (χ1) is 10.3. The Bertz CT molecular complexity index is 750. The standard InChI is InChI=1S/C18H18N2O/c1-19-18(13-5-3-7-15(11-13)21-2)17-8-4-6-14-12-20-10-9-16(14)17/h3-12,18-19H,1-2H3. The SMILES string of the molecule is CNC(c1cccc(OC)c1)c1cccc2cnccc12. The fourth-order valence-electron chi connectivity index (χ4n) is 2.72. The average molecular weight is 278 g/mol. The molecular formula is C18H18N2O. The normalized spacial score (nSPS) is 12.3. The number of ether oxygens (including phenoxy) is 1. The van der Waals surface area contributed by atoms with Crippen molar-refractivity contribution < 1.29 is 4.74 Å². The molecule has 3 nitrogen and oxygen atoms in total. The van der Waals surface area contributed by atoms with Crippen molar-refractivity contribution in [2.75, 3.05) is 14.2 Å². The maximum atomic E-state index is 5.34. The maximum absolute atomic E-state index is 5.34. The van der Waals surface area contributed by atoms with Gasteiger partial charge in [0.1, 0.15) is 5.75 Å². The second kappa shape index (κ2) is 5.94. The molecular weight excluding hydrogens is 260 g/mol. The molecule has 0 aliphatic carbocycles. The largest absolute Gasteiger partial charge is 0.497 e. The number of methoxy groups -OCH3 is 1. The van der Waals surface area contributed by atoms with Gasteiger partial charge in [-0.2, -0.15) is 0 Å². The molecule has 0 aliphatic rings. The molecule has 0 saturated heterocycles. The zero-order valence-corrected chi connectivity index (χ0v) is 12.2. The zero-order chi connectivity index (χ0) is 14.7. The molecule has 3 rings (SSSR count). The summed E-state index contributed by atoms with van der Waals surface area (Å²) in [6.07, 6.45) is 3.74. The molecule has 21 heavy (non-hydrogen) atoms. The van der Waals surface area contributed by atoms with E-state index >= 15 is 0 Å². The van der Waals surface area contributed by atoms with Crippen LogP contribution in [-0.2, 0) is 0 Å². The lowest BCUT2D eigenvalue weighted by molar-refractivity contribution is 0.414. The molecule has 3 aromatic rings. The fraction of sp³-hybridized carbons (Fsp3) is 0.167. The summed E-state index contributed by atoms with van der Waals surface area (Å²) in [5, 5.41) is 5.77. The van der Waals surface area contributed by atoms with Crippen LogP contribution >= 0.6 is 0 Å². The number of nitrogens with one attached hydrogen (secondary N) is 1. The van der Waals surface area contributed by atoms with Crippen LogP contribution in [0.25, 0.3) is 10.8 Å². The lowest BCUT2D eigenvalue weighted by Gasteiger charge is -2.19. The first kappa shape index (κ1) is 13.6. The monoisotopic (exact) mass is 278 g/mol. The zero-order valence-electron chi connectivity index (χ0n) is 12.2. The van der Waals surface area contributed by atoms with Gasteiger partial charge in [0.15, 0.2) is 0 Å². The molecule has 0 fully saturated rings. The summed E-state index contributed by atoms with van der Waals surface area (Å²) in [6, 6.07) is 16.7. The number of hydrogen-bond donors (Lipinski definition) is 1. The van der Waals surface area contributed by atoms with Gasteiger partial charge in [0.2, 0.25) is 0 Å².